The number of benzene rings is 1. The Morgan fingerprint density at radius 1 is 1.08 bits per heavy atom. The molecule has 1 aromatic rings. The van der Waals surface area contributed by atoms with Crippen LogP contribution in [0.3, 0.4) is 0 Å². The Balaban J connectivity index is 1.75. The largest absolute Gasteiger partial charge is 0.444 e. The fourth-order valence-corrected chi connectivity index (χ4v) is 5.09. The maximum atomic E-state index is 15.2. The van der Waals surface area contributed by atoms with Gasteiger partial charge in [0.2, 0.25) is 11.8 Å². The van der Waals surface area contributed by atoms with Crippen LogP contribution in [0.1, 0.15) is 71.3 Å². The SMILES string of the molecule is CC(c1ccc(NC(=O)C(N)C2CCCCC2)c(F)c1)C(NC(=O)OC(C)(C)C)C(=O)N1CCN(C)CC1. The Kier molecular flexibility index (Phi) is 10.1. The highest BCUT2D eigenvalue weighted by Crippen LogP contribution is 2.28. The van der Waals surface area contributed by atoms with Crippen molar-refractivity contribution in [1.29, 1.82) is 0 Å². The van der Waals surface area contributed by atoms with E-state index in [-0.39, 0.29) is 17.5 Å². The van der Waals surface area contributed by atoms with Crippen LogP contribution >= 0.6 is 0 Å². The summed E-state index contributed by atoms with van der Waals surface area (Å²) in [7, 11) is 1.99. The number of hydrogen-bond acceptors (Lipinski definition) is 6. The molecule has 10 heteroatoms. The second-order valence-corrected chi connectivity index (χ2v) is 11.7. The van der Waals surface area contributed by atoms with Gasteiger partial charge in [0.1, 0.15) is 17.5 Å². The molecule has 1 aromatic carbocycles. The molecule has 3 unspecified atom stereocenters. The van der Waals surface area contributed by atoms with E-state index < -0.39 is 41.4 Å². The number of ether oxygens (including phenoxy) is 1. The molecule has 0 radical (unpaired) electrons. The van der Waals surface area contributed by atoms with E-state index in [1.807, 2.05) is 7.05 Å². The molecule has 2 fully saturated rings. The molecule has 1 saturated carbocycles. The Hall–Kier alpha value is -2.72. The van der Waals surface area contributed by atoms with E-state index in [1.54, 1.807) is 38.7 Å². The molecule has 3 rings (SSSR count). The van der Waals surface area contributed by atoms with Crippen LogP contribution < -0.4 is 16.4 Å². The van der Waals surface area contributed by atoms with Gasteiger partial charge in [-0.15, -0.1) is 0 Å². The van der Waals surface area contributed by atoms with Crippen molar-refractivity contribution in [3.05, 3.63) is 29.6 Å². The highest BCUT2D eigenvalue weighted by atomic mass is 19.1. The van der Waals surface area contributed by atoms with E-state index in [0.717, 1.165) is 45.2 Å². The van der Waals surface area contributed by atoms with Crippen molar-refractivity contribution in [3.63, 3.8) is 0 Å². The third kappa shape index (κ3) is 8.14. The average molecular weight is 534 g/mol. The first kappa shape index (κ1) is 29.8. The number of nitrogens with one attached hydrogen (secondary N) is 2. The fraction of sp³-hybridized carbons (Fsp3) is 0.679. The van der Waals surface area contributed by atoms with E-state index in [0.29, 0.717) is 18.7 Å². The summed E-state index contributed by atoms with van der Waals surface area (Å²) in [4.78, 5) is 42.7. The lowest BCUT2D eigenvalue weighted by Gasteiger charge is -2.36. The first-order valence-electron chi connectivity index (χ1n) is 13.7. The number of piperazine rings is 1. The van der Waals surface area contributed by atoms with Crippen molar-refractivity contribution in [1.82, 2.24) is 15.1 Å². The minimum Gasteiger partial charge on any atom is -0.444 e. The topological polar surface area (TPSA) is 117 Å². The molecule has 4 N–H and O–H groups in total. The number of halogens is 1. The van der Waals surface area contributed by atoms with Crippen LogP contribution in [0.25, 0.3) is 0 Å². The zero-order valence-corrected chi connectivity index (χ0v) is 23.4. The van der Waals surface area contributed by atoms with Gasteiger partial charge < -0.3 is 30.9 Å². The minimum absolute atomic E-state index is 0.0410. The predicted molar refractivity (Wildman–Crippen MR) is 145 cm³/mol. The molecule has 0 bridgehead atoms. The second-order valence-electron chi connectivity index (χ2n) is 11.7. The molecule has 212 valence electrons. The van der Waals surface area contributed by atoms with Gasteiger partial charge >= 0.3 is 6.09 Å². The van der Waals surface area contributed by atoms with Crippen molar-refractivity contribution in [2.75, 3.05) is 38.5 Å². The van der Waals surface area contributed by atoms with Gasteiger partial charge in [0.15, 0.2) is 0 Å². The molecule has 3 atom stereocenters. The maximum Gasteiger partial charge on any atom is 0.408 e. The highest BCUT2D eigenvalue weighted by Gasteiger charge is 2.34. The smallest absolute Gasteiger partial charge is 0.408 e. The second kappa shape index (κ2) is 12.9. The molecule has 1 heterocycles. The van der Waals surface area contributed by atoms with Gasteiger partial charge in [-0.05, 0) is 64.3 Å². The van der Waals surface area contributed by atoms with Crippen molar-refractivity contribution < 1.29 is 23.5 Å². The van der Waals surface area contributed by atoms with Crippen molar-refractivity contribution in [2.45, 2.75) is 83.4 Å². The zero-order valence-electron chi connectivity index (χ0n) is 23.4. The average Bonchev–Trinajstić information content (AvgIpc) is 2.87. The summed E-state index contributed by atoms with van der Waals surface area (Å²) in [5, 5.41) is 5.35. The first-order valence-corrected chi connectivity index (χ1v) is 13.7. The number of amides is 3. The molecule has 0 aromatic heterocycles. The third-order valence-electron chi connectivity index (χ3n) is 7.49. The van der Waals surface area contributed by atoms with Gasteiger partial charge in [0.05, 0.1) is 11.7 Å². The van der Waals surface area contributed by atoms with Crippen molar-refractivity contribution >= 4 is 23.6 Å². The zero-order chi connectivity index (χ0) is 28.0. The number of rotatable bonds is 7. The maximum absolute atomic E-state index is 15.2. The van der Waals surface area contributed by atoms with Gasteiger partial charge in [0, 0.05) is 32.1 Å². The number of nitrogens with two attached hydrogens (primary N) is 1. The molecule has 1 aliphatic heterocycles. The summed E-state index contributed by atoms with van der Waals surface area (Å²) in [5.41, 5.74) is 6.00. The summed E-state index contributed by atoms with van der Waals surface area (Å²) in [5.74, 6) is -1.72. The Labute approximate surface area is 225 Å². The number of alkyl carbamates (subject to hydrolysis) is 1. The van der Waals surface area contributed by atoms with Crippen LogP contribution in [-0.2, 0) is 14.3 Å². The summed E-state index contributed by atoms with van der Waals surface area (Å²) in [6, 6.07) is 2.81. The lowest BCUT2D eigenvalue weighted by atomic mass is 9.84. The molecule has 9 nitrogen and oxygen atoms in total. The van der Waals surface area contributed by atoms with Crippen LogP contribution in [-0.4, -0.2) is 78.6 Å². The Morgan fingerprint density at radius 2 is 1.71 bits per heavy atom. The van der Waals surface area contributed by atoms with E-state index in [4.69, 9.17) is 10.5 Å². The highest BCUT2D eigenvalue weighted by molar-refractivity contribution is 5.95. The molecule has 38 heavy (non-hydrogen) atoms. The van der Waals surface area contributed by atoms with E-state index in [9.17, 15) is 14.4 Å². The lowest BCUT2D eigenvalue weighted by molar-refractivity contribution is -0.135. The van der Waals surface area contributed by atoms with Gasteiger partial charge in [-0.1, -0.05) is 32.3 Å². The lowest BCUT2D eigenvalue weighted by Crippen LogP contribution is -2.56. The van der Waals surface area contributed by atoms with E-state index in [2.05, 4.69) is 15.5 Å². The standard InChI is InChI=1S/C28H44FN5O4/c1-18(24(32-27(37)38-28(2,3)4)26(36)34-15-13-33(5)14-16-34)20-11-12-22(21(29)17-20)31-25(35)23(30)19-9-7-6-8-10-19/h11-12,17-19,23-24H,6-10,13-16,30H2,1-5H3,(H,31,35)(H,32,37). The number of hydrogen-bond donors (Lipinski definition) is 3. The summed E-state index contributed by atoms with van der Waals surface area (Å²) >= 11 is 0. The number of carbonyl (C=O) groups excluding carboxylic acids is 3. The van der Waals surface area contributed by atoms with Crippen molar-refractivity contribution in [2.24, 2.45) is 11.7 Å². The number of anilines is 1. The molecule has 1 aliphatic carbocycles. The molecular weight excluding hydrogens is 489 g/mol. The Morgan fingerprint density at radius 3 is 2.29 bits per heavy atom. The minimum atomic E-state index is -0.951. The van der Waals surface area contributed by atoms with E-state index in [1.165, 1.54) is 12.1 Å². The van der Waals surface area contributed by atoms with Crippen LogP contribution in [0.4, 0.5) is 14.9 Å². The van der Waals surface area contributed by atoms with Crippen LogP contribution in [0.5, 0.6) is 0 Å². The van der Waals surface area contributed by atoms with Crippen LogP contribution in [0.15, 0.2) is 18.2 Å². The monoisotopic (exact) mass is 533 g/mol. The van der Waals surface area contributed by atoms with Crippen LogP contribution in [0, 0.1) is 11.7 Å². The molecular formula is C28H44FN5O4. The van der Waals surface area contributed by atoms with Crippen molar-refractivity contribution in [3.8, 4) is 0 Å². The molecule has 0 spiro atoms. The number of nitrogens with zero attached hydrogens (tertiary/aromatic N) is 2. The van der Waals surface area contributed by atoms with Gasteiger partial charge in [0.25, 0.3) is 0 Å². The summed E-state index contributed by atoms with van der Waals surface area (Å²) in [6.07, 6.45) is 4.36. The van der Waals surface area contributed by atoms with E-state index >= 15 is 4.39 Å². The van der Waals surface area contributed by atoms with Crippen LogP contribution in [0.2, 0.25) is 0 Å². The summed E-state index contributed by atoms with van der Waals surface area (Å²) in [6.45, 7) is 9.53. The number of likely N-dealkylation sites (N-methyl/N-ethyl adjacent to an activating group) is 1. The quantitative estimate of drug-likeness (QED) is 0.494. The fourth-order valence-electron chi connectivity index (χ4n) is 5.09. The predicted octanol–water partition coefficient (Wildman–Crippen LogP) is 3.44. The molecule has 2 aliphatic rings. The van der Waals surface area contributed by atoms with Gasteiger partial charge in [-0.25, -0.2) is 9.18 Å². The third-order valence-corrected chi connectivity index (χ3v) is 7.49. The molecule has 3 amide bonds. The number of carbonyl (C=O) groups is 3. The Bertz CT molecular complexity index is 984. The normalized spacial score (nSPS) is 19.8. The van der Waals surface area contributed by atoms with Gasteiger partial charge in [-0.3, -0.25) is 9.59 Å². The first-order chi connectivity index (χ1) is 17.9. The summed E-state index contributed by atoms with van der Waals surface area (Å²) < 4.78 is 20.6. The molecule has 1 saturated heterocycles. The van der Waals surface area contributed by atoms with Gasteiger partial charge in [-0.2, -0.15) is 0 Å².